The van der Waals surface area contributed by atoms with Crippen LogP contribution in [0.1, 0.15) is 45.1 Å². The fourth-order valence-electron chi connectivity index (χ4n) is 2.46. The summed E-state index contributed by atoms with van der Waals surface area (Å²) in [5.74, 6) is 1.70. The third kappa shape index (κ3) is 5.68. The summed E-state index contributed by atoms with van der Waals surface area (Å²) in [6.07, 6.45) is 12.2. The number of hydrogen-bond donors (Lipinski definition) is 2. The molecule has 0 aromatic carbocycles. The first-order valence-corrected chi connectivity index (χ1v) is 8.63. The van der Waals surface area contributed by atoms with Crippen molar-refractivity contribution in [3.63, 3.8) is 0 Å². The summed E-state index contributed by atoms with van der Waals surface area (Å²) in [5.41, 5.74) is 1.11. The van der Waals surface area contributed by atoms with Gasteiger partial charge in [-0.15, -0.1) is 0 Å². The molecule has 0 radical (unpaired) electrons. The van der Waals surface area contributed by atoms with Crippen LogP contribution in [-0.2, 0) is 6.54 Å². The van der Waals surface area contributed by atoms with Crippen LogP contribution in [0.25, 0.3) is 5.82 Å². The Morgan fingerprint density at radius 3 is 2.83 bits per heavy atom. The van der Waals surface area contributed by atoms with E-state index >= 15 is 0 Å². The Morgan fingerprint density at radius 2 is 2.21 bits per heavy atom. The molecule has 0 spiro atoms. The molecule has 0 aliphatic carbocycles. The van der Waals surface area contributed by atoms with Crippen molar-refractivity contribution < 1.29 is 0 Å². The Kier molecular flexibility index (Phi) is 7.26. The zero-order valence-electron chi connectivity index (χ0n) is 14.9. The molecule has 0 fully saturated rings. The van der Waals surface area contributed by atoms with Gasteiger partial charge >= 0.3 is 0 Å². The van der Waals surface area contributed by atoms with Crippen LogP contribution in [0.3, 0.4) is 0 Å². The molecule has 0 saturated carbocycles. The van der Waals surface area contributed by atoms with Crippen molar-refractivity contribution in [2.45, 2.75) is 52.1 Å². The third-order valence-corrected chi connectivity index (χ3v) is 3.89. The van der Waals surface area contributed by atoms with Gasteiger partial charge in [-0.1, -0.05) is 32.3 Å². The average molecular weight is 328 g/mol. The number of nitrogens with one attached hydrogen (secondary N) is 2. The Hall–Kier alpha value is -2.37. The van der Waals surface area contributed by atoms with Crippen LogP contribution in [0.5, 0.6) is 0 Å². The van der Waals surface area contributed by atoms with Crippen molar-refractivity contribution >= 4 is 5.96 Å². The van der Waals surface area contributed by atoms with Gasteiger partial charge in [0, 0.05) is 38.2 Å². The summed E-state index contributed by atoms with van der Waals surface area (Å²) < 4.78 is 1.88. The van der Waals surface area contributed by atoms with Crippen molar-refractivity contribution in [2.24, 2.45) is 4.99 Å². The Labute approximate surface area is 144 Å². The van der Waals surface area contributed by atoms with E-state index in [0.717, 1.165) is 23.8 Å². The molecule has 2 heterocycles. The normalized spacial score (nSPS) is 12.9. The van der Waals surface area contributed by atoms with E-state index in [1.54, 1.807) is 19.6 Å². The van der Waals surface area contributed by atoms with Crippen LogP contribution < -0.4 is 10.6 Å². The highest BCUT2D eigenvalue weighted by Gasteiger charge is 2.05. The quantitative estimate of drug-likeness (QED) is 0.444. The maximum Gasteiger partial charge on any atom is 0.191 e. The van der Waals surface area contributed by atoms with Gasteiger partial charge in [-0.2, -0.15) is 0 Å². The molecule has 0 saturated heterocycles. The van der Waals surface area contributed by atoms with E-state index in [0.29, 0.717) is 12.6 Å². The van der Waals surface area contributed by atoms with E-state index < -0.39 is 0 Å². The Morgan fingerprint density at radius 1 is 1.33 bits per heavy atom. The smallest absolute Gasteiger partial charge is 0.191 e. The molecule has 2 rings (SSSR count). The minimum Gasteiger partial charge on any atom is -0.354 e. The molecule has 0 amide bonds. The molecule has 6 heteroatoms. The number of imidazole rings is 1. The number of rotatable bonds is 8. The maximum atomic E-state index is 4.46. The molecule has 0 aliphatic heterocycles. The summed E-state index contributed by atoms with van der Waals surface area (Å²) in [6, 6.07) is 4.47. The lowest BCUT2D eigenvalue weighted by atomic mass is 10.1. The number of hydrogen-bond acceptors (Lipinski definition) is 3. The first-order chi connectivity index (χ1) is 11.7. The van der Waals surface area contributed by atoms with E-state index in [1.165, 1.54) is 19.3 Å². The largest absolute Gasteiger partial charge is 0.354 e. The van der Waals surface area contributed by atoms with Gasteiger partial charge in [0.1, 0.15) is 12.1 Å². The van der Waals surface area contributed by atoms with E-state index in [2.05, 4.69) is 45.5 Å². The monoisotopic (exact) mass is 328 g/mol. The van der Waals surface area contributed by atoms with E-state index in [9.17, 15) is 0 Å². The van der Waals surface area contributed by atoms with Gasteiger partial charge in [0.15, 0.2) is 5.96 Å². The molecular formula is C18H28N6. The summed E-state index contributed by atoms with van der Waals surface area (Å²) in [6.45, 7) is 5.12. The van der Waals surface area contributed by atoms with Gasteiger partial charge in [0.05, 0.1) is 0 Å². The second-order valence-corrected chi connectivity index (χ2v) is 5.96. The van der Waals surface area contributed by atoms with E-state index in [-0.39, 0.29) is 0 Å². The number of guanidine groups is 1. The molecule has 1 atom stereocenters. The molecule has 130 valence electrons. The lowest BCUT2D eigenvalue weighted by Crippen LogP contribution is -2.41. The molecule has 6 nitrogen and oxygen atoms in total. The predicted molar refractivity (Wildman–Crippen MR) is 98.3 cm³/mol. The Balaban J connectivity index is 1.80. The van der Waals surface area contributed by atoms with Gasteiger partial charge in [0.2, 0.25) is 0 Å². The predicted octanol–water partition coefficient (Wildman–Crippen LogP) is 2.90. The first-order valence-electron chi connectivity index (χ1n) is 8.63. The topological polar surface area (TPSA) is 67.1 Å². The zero-order chi connectivity index (χ0) is 17.2. The zero-order valence-corrected chi connectivity index (χ0v) is 14.9. The van der Waals surface area contributed by atoms with Gasteiger partial charge in [-0.3, -0.25) is 9.56 Å². The van der Waals surface area contributed by atoms with Gasteiger partial charge in [-0.25, -0.2) is 9.97 Å². The highest BCUT2D eigenvalue weighted by atomic mass is 15.2. The summed E-state index contributed by atoms with van der Waals surface area (Å²) >= 11 is 0. The van der Waals surface area contributed by atoms with Crippen LogP contribution >= 0.6 is 0 Å². The van der Waals surface area contributed by atoms with Crippen molar-refractivity contribution in [3.05, 3.63) is 42.6 Å². The third-order valence-electron chi connectivity index (χ3n) is 3.89. The first kappa shape index (κ1) is 18.0. The summed E-state index contributed by atoms with van der Waals surface area (Å²) in [4.78, 5) is 12.8. The lowest BCUT2D eigenvalue weighted by Gasteiger charge is -2.18. The van der Waals surface area contributed by atoms with Crippen LogP contribution in [0.2, 0.25) is 0 Å². The van der Waals surface area contributed by atoms with Gasteiger partial charge in [-0.05, 0) is 25.0 Å². The lowest BCUT2D eigenvalue weighted by molar-refractivity contribution is 0.546. The number of aromatic nitrogens is 3. The SMILES string of the molecule is CCCCCC(C)NC(=NC)NCc1ccc(-n2ccnc2)nc1. The molecule has 2 N–H and O–H groups in total. The highest BCUT2D eigenvalue weighted by Crippen LogP contribution is 2.05. The molecular weight excluding hydrogens is 300 g/mol. The molecule has 0 bridgehead atoms. The maximum absolute atomic E-state index is 4.46. The number of nitrogens with zero attached hydrogens (tertiary/aromatic N) is 4. The Bertz CT molecular complexity index is 603. The molecule has 1 unspecified atom stereocenters. The summed E-state index contributed by atoms with van der Waals surface area (Å²) in [5, 5.41) is 6.78. The summed E-state index contributed by atoms with van der Waals surface area (Å²) in [7, 11) is 1.80. The van der Waals surface area contributed by atoms with Crippen LogP contribution in [0, 0.1) is 0 Å². The average Bonchev–Trinajstić information content (AvgIpc) is 3.14. The highest BCUT2D eigenvalue weighted by molar-refractivity contribution is 5.79. The van der Waals surface area contributed by atoms with Crippen LogP contribution in [0.4, 0.5) is 0 Å². The van der Waals surface area contributed by atoms with E-state index in [4.69, 9.17) is 0 Å². The molecule has 0 aliphatic rings. The molecule has 24 heavy (non-hydrogen) atoms. The van der Waals surface area contributed by atoms with Crippen LogP contribution in [-0.4, -0.2) is 33.6 Å². The number of aliphatic imine (C=N–C) groups is 1. The number of pyridine rings is 1. The van der Waals surface area contributed by atoms with Gasteiger partial charge < -0.3 is 10.6 Å². The second kappa shape index (κ2) is 9.70. The van der Waals surface area contributed by atoms with Crippen molar-refractivity contribution in [1.29, 1.82) is 0 Å². The van der Waals surface area contributed by atoms with Crippen LogP contribution in [0.15, 0.2) is 42.0 Å². The van der Waals surface area contributed by atoms with Crippen molar-refractivity contribution in [1.82, 2.24) is 25.2 Å². The van der Waals surface area contributed by atoms with Crippen molar-refractivity contribution in [3.8, 4) is 5.82 Å². The van der Waals surface area contributed by atoms with E-state index in [1.807, 2.05) is 23.0 Å². The second-order valence-electron chi connectivity index (χ2n) is 5.96. The fraction of sp³-hybridized carbons (Fsp3) is 0.500. The number of unbranched alkanes of at least 4 members (excludes halogenated alkanes) is 2. The fourth-order valence-corrected chi connectivity index (χ4v) is 2.46. The minimum atomic E-state index is 0.421. The minimum absolute atomic E-state index is 0.421. The standard InChI is InChI=1S/C18H28N6/c1-4-5-6-7-15(2)23-18(19-3)22-13-16-8-9-17(21-12-16)24-11-10-20-14-24/h8-12,14-15H,4-7,13H2,1-3H3,(H2,19,22,23). The molecule has 2 aromatic heterocycles. The molecule has 2 aromatic rings. The van der Waals surface area contributed by atoms with Crippen molar-refractivity contribution in [2.75, 3.05) is 7.05 Å². The van der Waals surface area contributed by atoms with Gasteiger partial charge in [0.25, 0.3) is 0 Å².